The largest absolute Gasteiger partial charge is 0.321 e. The van der Waals surface area contributed by atoms with E-state index in [1.807, 2.05) is 13.0 Å². The van der Waals surface area contributed by atoms with Crippen LogP contribution in [0.2, 0.25) is 5.02 Å². The van der Waals surface area contributed by atoms with Crippen LogP contribution in [0.3, 0.4) is 0 Å². The van der Waals surface area contributed by atoms with Crippen molar-refractivity contribution in [2.24, 2.45) is 0 Å². The van der Waals surface area contributed by atoms with Crippen molar-refractivity contribution >= 4 is 44.6 Å². The molecule has 3 aromatic rings. The number of nitrogens with zero attached hydrogens (tertiary/aromatic N) is 1. The van der Waals surface area contributed by atoms with Crippen LogP contribution in [0.1, 0.15) is 21.5 Å². The van der Waals surface area contributed by atoms with E-state index in [1.165, 1.54) is 37.3 Å². The van der Waals surface area contributed by atoms with Gasteiger partial charge >= 0.3 is 0 Å². The highest BCUT2D eigenvalue weighted by atomic mass is 35.5. The summed E-state index contributed by atoms with van der Waals surface area (Å²) in [6, 6.07) is 14.9. The third kappa shape index (κ3) is 5.01. The van der Waals surface area contributed by atoms with Crippen LogP contribution in [0.4, 0.5) is 17.1 Å². The quantitative estimate of drug-likeness (QED) is 0.400. The highest BCUT2D eigenvalue weighted by Crippen LogP contribution is 2.28. The maximum Gasteiger partial charge on any atom is 0.274 e. The van der Waals surface area contributed by atoms with Gasteiger partial charge in [-0.2, -0.15) is 0 Å². The summed E-state index contributed by atoms with van der Waals surface area (Å²) in [6.07, 6.45) is 0. The van der Waals surface area contributed by atoms with E-state index in [0.717, 1.165) is 11.6 Å². The summed E-state index contributed by atoms with van der Waals surface area (Å²) >= 11 is 6.10. The summed E-state index contributed by atoms with van der Waals surface area (Å²) < 4.78 is 28.1. The van der Waals surface area contributed by atoms with Gasteiger partial charge in [0.25, 0.3) is 21.6 Å². The topological polar surface area (TPSA) is 118 Å². The Morgan fingerprint density at radius 3 is 2.42 bits per heavy atom. The van der Waals surface area contributed by atoms with Crippen LogP contribution in [0.15, 0.2) is 65.6 Å². The monoisotopic (exact) mass is 459 g/mol. The number of rotatable bonds is 6. The van der Waals surface area contributed by atoms with Gasteiger partial charge in [0.1, 0.15) is 4.90 Å². The van der Waals surface area contributed by atoms with Gasteiger partial charge in [-0.1, -0.05) is 29.8 Å². The van der Waals surface area contributed by atoms with Gasteiger partial charge in [-0.05, 0) is 55.8 Å². The summed E-state index contributed by atoms with van der Waals surface area (Å²) in [4.78, 5) is 23.0. The SMILES string of the molecule is Cc1cccc(NS(=O)(=O)c2cc(C(=O)Nc3cccc([N+](=O)[O-])c3C)ccc2Cl)c1. The number of hydrogen-bond donors (Lipinski definition) is 2. The molecule has 0 aliphatic heterocycles. The first-order chi connectivity index (χ1) is 14.6. The van der Waals surface area contributed by atoms with Crippen LogP contribution < -0.4 is 10.0 Å². The van der Waals surface area contributed by atoms with Crippen molar-refractivity contribution in [2.45, 2.75) is 18.7 Å². The van der Waals surface area contributed by atoms with Gasteiger partial charge in [0.2, 0.25) is 0 Å². The maximum absolute atomic E-state index is 12.8. The fourth-order valence-electron chi connectivity index (χ4n) is 2.92. The molecule has 0 aliphatic rings. The van der Waals surface area contributed by atoms with Gasteiger partial charge in [-0.3, -0.25) is 19.6 Å². The number of amides is 1. The van der Waals surface area contributed by atoms with Crippen molar-refractivity contribution < 1.29 is 18.1 Å². The molecule has 0 fully saturated rings. The first-order valence-electron chi connectivity index (χ1n) is 9.03. The average molecular weight is 460 g/mol. The van der Waals surface area contributed by atoms with E-state index in [9.17, 15) is 23.3 Å². The van der Waals surface area contributed by atoms with E-state index < -0.39 is 20.9 Å². The third-order valence-corrected chi connectivity index (χ3v) is 6.37. The van der Waals surface area contributed by atoms with Crippen molar-refractivity contribution in [3.05, 3.63) is 92.5 Å². The van der Waals surface area contributed by atoms with Crippen LogP contribution in [0, 0.1) is 24.0 Å². The number of sulfonamides is 1. The molecular formula is C21H18ClN3O5S. The Bertz CT molecular complexity index is 1290. The molecule has 0 aliphatic carbocycles. The number of carbonyl (C=O) groups excluding carboxylic acids is 1. The predicted molar refractivity (Wildman–Crippen MR) is 119 cm³/mol. The van der Waals surface area contributed by atoms with Crippen molar-refractivity contribution in [1.82, 2.24) is 0 Å². The molecule has 0 unspecified atom stereocenters. The lowest BCUT2D eigenvalue weighted by Crippen LogP contribution is -2.17. The van der Waals surface area contributed by atoms with E-state index >= 15 is 0 Å². The Kier molecular flexibility index (Phi) is 6.28. The van der Waals surface area contributed by atoms with E-state index in [-0.39, 0.29) is 32.4 Å². The Hall–Kier alpha value is -3.43. The number of benzene rings is 3. The van der Waals surface area contributed by atoms with Gasteiger partial charge in [0, 0.05) is 17.3 Å². The van der Waals surface area contributed by atoms with Crippen molar-refractivity contribution in [1.29, 1.82) is 0 Å². The lowest BCUT2D eigenvalue weighted by Gasteiger charge is -2.12. The molecule has 8 nitrogen and oxygen atoms in total. The third-order valence-electron chi connectivity index (χ3n) is 4.50. The molecule has 0 heterocycles. The molecule has 3 aromatic carbocycles. The molecule has 0 saturated heterocycles. The molecule has 31 heavy (non-hydrogen) atoms. The predicted octanol–water partition coefficient (Wildman–Crippen LogP) is 4.92. The molecule has 10 heteroatoms. The Balaban J connectivity index is 1.91. The van der Waals surface area contributed by atoms with Gasteiger partial charge in [-0.15, -0.1) is 0 Å². The van der Waals surface area contributed by atoms with Gasteiger partial charge < -0.3 is 5.32 Å². The smallest absolute Gasteiger partial charge is 0.274 e. The molecule has 0 saturated carbocycles. The molecule has 2 N–H and O–H groups in total. The van der Waals surface area contributed by atoms with Crippen molar-refractivity contribution in [3.63, 3.8) is 0 Å². The summed E-state index contributed by atoms with van der Waals surface area (Å²) in [6.45, 7) is 3.34. The first-order valence-corrected chi connectivity index (χ1v) is 10.9. The van der Waals surface area contributed by atoms with Crippen LogP contribution in [0.5, 0.6) is 0 Å². The van der Waals surface area contributed by atoms with Gasteiger partial charge in [-0.25, -0.2) is 8.42 Å². The minimum absolute atomic E-state index is 0.0277. The van der Waals surface area contributed by atoms with E-state index in [2.05, 4.69) is 10.0 Å². The van der Waals surface area contributed by atoms with Crippen LogP contribution in [-0.2, 0) is 10.0 Å². The molecule has 0 radical (unpaired) electrons. The minimum atomic E-state index is -4.07. The first kappa shape index (κ1) is 22.3. The van der Waals surface area contributed by atoms with Crippen LogP contribution >= 0.6 is 11.6 Å². The Morgan fingerprint density at radius 2 is 1.74 bits per heavy atom. The minimum Gasteiger partial charge on any atom is -0.321 e. The number of anilines is 2. The highest BCUT2D eigenvalue weighted by Gasteiger charge is 2.21. The number of halogens is 1. The molecule has 0 atom stereocenters. The molecule has 0 bridgehead atoms. The number of hydrogen-bond acceptors (Lipinski definition) is 5. The lowest BCUT2D eigenvalue weighted by molar-refractivity contribution is -0.385. The zero-order valence-corrected chi connectivity index (χ0v) is 18.1. The fourth-order valence-corrected chi connectivity index (χ4v) is 4.50. The second kappa shape index (κ2) is 8.75. The van der Waals surface area contributed by atoms with E-state index in [0.29, 0.717) is 5.69 Å². The van der Waals surface area contributed by atoms with Gasteiger partial charge in [0.05, 0.1) is 21.2 Å². The van der Waals surface area contributed by atoms with Crippen LogP contribution in [-0.4, -0.2) is 19.2 Å². The zero-order chi connectivity index (χ0) is 22.8. The summed E-state index contributed by atoms with van der Waals surface area (Å²) in [5.74, 6) is -0.632. The Morgan fingerprint density at radius 1 is 1.03 bits per heavy atom. The second-order valence-electron chi connectivity index (χ2n) is 6.78. The molecule has 0 spiro atoms. The standard InChI is InChI=1S/C21H18ClN3O5S/c1-13-5-3-6-16(11-13)24-31(29,30)20-12-15(9-10-17(20)22)21(26)23-18-7-4-8-19(14(18)2)25(27)28/h3-12,24H,1-2H3,(H,23,26). The average Bonchev–Trinajstić information content (AvgIpc) is 2.69. The number of aryl methyl sites for hydroxylation is 1. The number of nitro groups is 1. The maximum atomic E-state index is 12.8. The molecule has 0 aromatic heterocycles. The molecule has 3 rings (SSSR count). The van der Waals surface area contributed by atoms with Crippen molar-refractivity contribution in [2.75, 3.05) is 10.0 Å². The molecular weight excluding hydrogens is 442 g/mol. The molecule has 1 amide bonds. The van der Waals surface area contributed by atoms with Crippen LogP contribution in [0.25, 0.3) is 0 Å². The lowest BCUT2D eigenvalue weighted by atomic mass is 10.1. The summed E-state index contributed by atoms with van der Waals surface area (Å²) in [5, 5.41) is 13.6. The normalized spacial score (nSPS) is 11.1. The van der Waals surface area contributed by atoms with Gasteiger partial charge in [0.15, 0.2) is 0 Å². The summed E-state index contributed by atoms with van der Waals surface area (Å²) in [7, 11) is -4.07. The number of nitro benzene ring substituents is 1. The molecule has 160 valence electrons. The Labute approximate surface area is 184 Å². The zero-order valence-electron chi connectivity index (χ0n) is 16.5. The second-order valence-corrected chi connectivity index (χ2v) is 8.84. The van der Waals surface area contributed by atoms with Crippen molar-refractivity contribution in [3.8, 4) is 0 Å². The fraction of sp³-hybridized carbons (Fsp3) is 0.0952. The summed E-state index contributed by atoms with van der Waals surface area (Å²) in [5.41, 5.74) is 1.64. The van der Waals surface area contributed by atoms with E-state index in [4.69, 9.17) is 11.6 Å². The number of nitrogens with one attached hydrogen (secondary N) is 2. The highest BCUT2D eigenvalue weighted by molar-refractivity contribution is 7.92. The van der Waals surface area contributed by atoms with E-state index in [1.54, 1.807) is 18.2 Å². The number of carbonyl (C=O) groups is 1.